The van der Waals surface area contributed by atoms with Crippen LogP contribution >= 0.6 is 0 Å². The summed E-state index contributed by atoms with van der Waals surface area (Å²) in [7, 11) is 0. The fraction of sp³-hybridized carbons (Fsp3) is 0.200. The Balaban J connectivity index is 1.72. The number of benzene rings is 1. The Hall–Kier alpha value is -4.88. The number of hydrogen-bond acceptors (Lipinski definition) is 10. The summed E-state index contributed by atoms with van der Waals surface area (Å²) in [6, 6.07) is 4.43. The highest BCUT2D eigenvalue weighted by Gasteiger charge is 2.22. The molecule has 0 spiro atoms. The molecule has 7 N–H and O–H groups in total. The van der Waals surface area contributed by atoms with Crippen molar-refractivity contribution in [2.75, 3.05) is 16.4 Å². The molecule has 0 bridgehead atoms. The van der Waals surface area contributed by atoms with Crippen LogP contribution in [0.25, 0.3) is 11.2 Å². The minimum absolute atomic E-state index is 0.0259. The zero-order valence-corrected chi connectivity index (χ0v) is 17.6. The standard InChI is InChI=1S/C20H20N8O6/c21-16-15-17(27-20(22)26-16)23-7-11(24-15)8-28(9-29)12-3-1-10(2-4-12)18(32)25-13(19(33)34)5-6-14(30)31/h1-4,7,9,13H,5-6,8H2,(H,25,32)(H,30,31)(H,33,34)(H4,21,22,23,26,27)/t13-/m0/s1. The first kappa shape index (κ1) is 23.8. The number of aliphatic carboxylic acids is 2. The number of amides is 2. The van der Waals surface area contributed by atoms with Gasteiger partial charge in [0.25, 0.3) is 5.91 Å². The molecular formula is C20H20N8O6. The summed E-state index contributed by atoms with van der Waals surface area (Å²) < 4.78 is 0. The number of rotatable bonds is 10. The third kappa shape index (κ3) is 5.67. The molecule has 0 aliphatic rings. The summed E-state index contributed by atoms with van der Waals surface area (Å²) in [4.78, 5) is 63.5. The molecule has 0 aliphatic heterocycles. The Kier molecular flexibility index (Phi) is 7.10. The summed E-state index contributed by atoms with van der Waals surface area (Å²) in [6.45, 7) is 0.0259. The zero-order valence-electron chi connectivity index (χ0n) is 17.6. The van der Waals surface area contributed by atoms with Crippen LogP contribution in [0.3, 0.4) is 0 Å². The van der Waals surface area contributed by atoms with Gasteiger partial charge in [-0.25, -0.2) is 14.8 Å². The molecule has 14 nitrogen and oxygen atoms in total. The number of fused-ring (bicyclic) bond motifs is 1. The van der Waals surface area contributed by atoms with Crippen molar-refractivity contribution in [3.05, 3.63) is 41.7 Å². The quantitative estimate of drug-likeness (QED) is 0.244. The largest absolute Gasteiger partial charge is 0.481 e. The van der Waals surface area contributed by atoms with Gasteiger partial charge in [0, 0.05) is 17.7 Å². The highest BCUT2D eigenvalue weighted by Crippen LogP contribution is 2.19. The van der Waals surface area contributed by atoms with E-state index in [1.807, 2.05) is 0 Å². The molecule has 34 heavy (non-hydrogen) atoms. The Bertz CT molecular complexity index is 1250. The van der Waals surface area contributed by atoms with Crippen LogP contribution in [0, 0.1) is 0 Å². The molecule has 2 aromatic heterocycles. The SMILES string of the molecule is Nc1nc(N)c2nc(CN(C=O)c3ccc(C(=O)N[C@@H](CCC(=O)O)C(=O)O)cc3)cnc2n1. The van der Waals surface area contributed by atoms with Crippen LogP contribution < -0.4 is 21.7 Å². The van der Waals surface area contributed by atoms with E-state index in [0.717, 1.165) is 0 Å². The summed E-state index contributed by atoms with van der Waals surface area (Å²) in [5.74, 6) is -3.20. The van der Waals surface area contributed by atoms with Gasteiger partial charge in [0.05, 0.1) is 18.4 Å². The fourth-order valence-electron chi connectivity index (χ4n) is 2.99. The lowest BCUT2D eigenvalue weighted by molar-refractivity contribution is -0.140. The van der Waals surface area contributed by atoms with Gasteiger partial charge < -0.3 is 31.9 Å². The minimum Gasteiger partial charge on any atom is -0.481 e. The number of nitrogens with one attached hydrogen (secondary N) is 1. The molecule has 0 saturated carbocycles. The van der Waals surface area contributed by atoms with Crippen LogP contribution in [0.5, 0.6) is 0 Å². The summed E-state index contributed by atoms with van der Waals surface area (Å²) >= 11 is 0. The molecular weight excluding hydrogens is 448 g/mol. The molecule has 0 unspecified atom stereocenters. The van der Waals surface area contributed by atoms with Crippen LogP contribution in [0.1, 0.15) is 28.9 Å². The molecule has 3 aromatic rings. The van der Waals surface area contributed by atoms with Gasteiger partial charge in [-0.2, -0.15) is 9.97 Å². The summed E-state index contributed by atoms with van der Waals surface area (Å²) in [5.41, 5.74) is 12.7. The third-order valence-electron chi connectivity index (χ3n) is 4.67. The first-order valence-electron chi connectivity index (χ1n) is 9.80. The van der Waals surface area contributed by atoms with E-state index in [-0.39, 0.29) is 41.5 Å². The lowest BCUT2D eigenvalue weighted by Crippen LogP contribution is -2.41. The molecule has 1 aromatic carbocycles. The number of nitrogens with two attached hydrogens (primary N) is 2. The molecule has 1 atom stereocenters. The zero-order chi connectivity index (χ0) is 24.8. The Labute approximate surface area is 191 Å². The first-order valence-corrected chi connectivity index (χ1v) is 9.80. The van der Waals surface area contributed by atoms with Crippen LogP contribution in [0.15, 0.2) is 30.5 Å². The van der Waals surface area contributed by atoms with Crippen molar-refractivity contribution in [1.82, 2.24) is 25.3 Å². The Morgan fingerprint density at radius 3 is 2.41 bits per heavy atom. The van der Waals surface area contributed by atoms with E-state index in [1.54, 1.807) is 0 Å². The second-order valence-corrected chi connectivity index (χ2v) is 7.08. The fourth-order valence-corrected chi connectivity index (χ4v) is 2.99. The van der Waals surface area contributed by atoms with E-state index in [9.17, 15) is 24.3 Å². The van der Waals surface area contributed by atoms with Crippen LogP contribution in [0.2, 0.25) is 0 Å². The maximum atomic E-state index is 12.4. The number of nitrogen functional groups attached to an aromatic ring is 2. The van der Waals surface area contributed by atoms with Crippen molar-refractivity contribution in [2.24, 2.45) is 0 Å². The number of anilines is 3. The normalized spacial score (nSPS) is 11.5. The topological polar surface area (TPSA) is 228 Å². The number of carbonyl (C=O) groups excluding carboxylic acids is 2. The number of hydrogen-bond donors (Lipinski definition) is 5. The van der Waals surface area contributed by atoms with Gasteiger partial charge in [0.15, 0.2) is 17.0 Å². The lowest BCUT2D eigenvalue weighted by Gasteiger charge is -2.18. The van der Waals surface area contributed by atoms with Gasteiger partial charge >= 0.3 is 11.9 Å². The molecule has 14 heteroatoms. The Morgan fingerprint density at radius 1 is 1.09 bits per heavy atom. The first-order chi connectivity index (χ1) is 16.2. The van der Waals surface area contributed by atoms with Gasteiger partial charge in [-0.15, -0.1) is 0 Å². The van der Waals surface area contributed by atoms with Crippen molar-refractivity contribution in [3.63, 3.8) is 0 Å². The van der Waals surface area contributed by atoms with Crippen molar-refractivity contribution in [3.8, 4) is 0 Å². The second-order valence-electron chi connectivity index (χ2n) is 7.08. The highest BCUT2D eigenvalue weighted by atomic mass is 16.4. The molecule has 2 heterocycles. The molecule has 176 valence electrons. The predicted molar refractivity (Wildman–Crippen MR) is 118 cm³/mol. The predicted octanol–water partition coefficient (Wildman–Crippen LogP) is -0.205. The minimum atomic E-state index is -1.35. The maximum absolute atomic E-state index is 12.4. The number of carboxylic acids is 2. The van der Waals surface area contributed by atoms with Gasteiger partial charge in [0.2, 0.25) is 12.4 Å². The van der Waals surface area contributed by atoms with Gasteiger partial charge in [-0.3, -0.25) is 14.4 Å². The second kappa shape index (κ2) is 10.2. The van der Waals surface area contributed by atoms with Crippen LogP contribution in [-0.4, -0.2) is 60.4 Å². The van der Waals surface area contributed by atoms with E-state index >= 15 is 0 Å². The van der Waals surface area contributed by atoms with Crippen LogP contribution in [0.4, 0.5) is 17.5 Å². The monoisotopic (exact) mass is 468 g/mol. The smallest absolute Gasteiger partial charge is 0.326 e. The molecule has 0 saturated heterocycles. The van der Waals surface area contributed by atoms with E-state index in [4.69, 9.17) is 16.6 Å². The number of carbonyl (C=O) groups is 4. The van der Waals surface area contributed by atoms with Gasteiger partial charge in [-0.05, 0) is 30.7 Å². The van der Waals surface area contributed by atoms with Crippen molar-refractivity contribution >= 4 is 52.9 Å². The number of nitrogens with zero attached hydrogens (tertiary/aromatic N) is 5. The average Bonchev–Trinajstić information content (AvgIpc) is 2.80. The van der Waals surface area contributed by atoms with E-state index in [2.05, 4.69) is 25.3 Å². The molecule has 0 aliphatic carbocycles. The average molecular weight is 468 g/mol. The van der Waals surface area contributed by atoms with Crippen LogP contribution in [-0.2, 0) is 20.9 Å². The van der Waals surface area contributed by atoms with Gasteiger partial charge in [-0.1, -0.05) is 0 Å². The summed E-state index contributed by atoms with van der Waals surface area (Å²) in [5, 5.41) is 20.2. The number of carboxylic acid groups (broad SMARTS) is 2. The van der Waals surface area contributed by atoms with Crippen molar-refractivity contribution in [1.29, 1.82) is 0 Å². The third-order valence-corrected chi connectivity index (χ3v) is 4.67. The van der Waals surface area contributed by atoms with Gasteiger partial charge in [0.1, 0.15) is 6.04 Å². The lowest BCUT2D eigenvalue weighted by atomic mass is 10.1. The summed E-state index contributed by atoms with van der Waals surface area (Å²) in [6.07, 6.45) is 1.31. The van der Waals surface area contributed by atoms with E-state index in [1.165, 1.54) is 35.4 Å². The maximum Gasteiger partial charge on any atom is 0.326 e. The molecule has 0 fully saturated rings. The molecule has 3 rings (SSSR count). The Morgan fingerprint density at radius 2 is 1.79 bits per heavy atom. The van der Waals surface area contributed by atoms with E-state index in [0.29, 0.717) is 17.8 Å². The molecule has 2 amide bonds. The van der Waals surface area contributed by atoms with E-state index < -0.39 is 30.3 Å². The number of aromatic nitrogens is 4. The van der Waals surface area contributed by atoms with Crippen molar-refractivity contribution in [2.45, 2.75) is 25.4 Å². The van der Waals surface area contributed by atoms with Crippen molar-refractivity contribution < 1.29 is 29.4 Å². The highest BCUT2D eigenvalue weighted by molar-refractivity contribution is 5.97. The molecule has 0 radical (unpaired) electrons.